The molecule has 0 spiro atoms. The number of aliphatic hydroxyl groups excluding tert-OH is 1. The minimum Gasteiger partial charge on any atom is -0.390 e. The second kappa shape index (κ2) is 5.04. The number of rotatable bonds is 6. The van der Waals surface area contributed by atoms with Crippen LogP contribution < -0.4 is 4.72 Å². The van der Waals surface area contributed by atoms with Crippen LogP contribution in [-0.2, 0) is 23.2 Å². The SMILES string of the molecule is O=S(=O)(NCc1ccno1)c1cc(CO)n(C2CC2)c1. The Morgan fingerprint density at radius 1 is 1.50 bits per heavy atom. The summed E-state index contributed by atoms with van der Waals surface area (Å²) in [5, 5.41) is 12.8. The van der Waals surface area contributed by atoms with E-state index in [-0.39, 0.29) is 18.0 Å². The van der Waals surface area contributed by atoms with E-state index in [1.165, 1.54) is 12.3 Å². The van der Waals surface area contributed by atoms with Gasteiger partial charge in [0.05, 0.1) is 24.2 Å². The molecule has 108 valence electrons. The first-order valence-electron chi connectivity index (χ1n) is 6.31. The van der Waals surface area contributed by atoms with Gasteiger partial charge in [0.2, 0.25) is 10.0 Å². The predicted molar refractivity (Wildman–Crippen MR) is 69.2 cm³/mol. The van der Waals surface area contributed by atoms with Crippen LogP contribution in [0.25, 0.3) is 0 Å². The molecule has 2 aromatic heterocycles. The van der Waals surface area contributed by atoms with Gasteiger partial charge in [0.1, 0.15) is 0 Å². The maximum atomic E-state index is 12.2. The van der Waals surface area contributed by atoms with Gasteiger partial charge >= 0.3 is 0 Å². The Labute approximate surface area is 116 Å². The van der Waals surface area contributed by atoms with Crippen LogP contribution in [0.4, 0.5) is 0 Å². The zero-order chi connectivity index (χ0) is 14.2. The molecule has 0 unspecified atom stereocenters. The third-order valence-corrected chi connectivity index (χ3v) is 4.62. The first kappa shape index (κ1) is 13.3. The fourth-order valence-electron chi connectivity index (χ4n) is 2.05. The van der Waals surface area contributed by atoms with Crippen molar-refractivity contribution in [3.05, 3.63) is 36.0 Å². The van der Waals surface area contributed by atoms with Gasteiger partial charge in [-0.15, -0.1) is 0 Å². The number of aromatic nitrogens is 2. The van der Waals surface area contributed by atoms with Gasteiger partial charge < -0.3 is 14.2 Å². The summed E-state index contributed by atoms with van der Waals surface area (Å²) < 4.78 is 33.5. The van der Waals surface area contributed by atoms with Crippen LogP contribution in [0.1, 0.15) is 30.3 Å². The third kappa shape index (κ3) is 2.62. The molecule has 0 amide bonds. The minimum atomic E-state index is -3.62. The molecule has 2 N–H and O–H groups in total. The number of hydrogen-bond donors (Lipinski definition) is 2. The van der Waals surface area contributed by atoms with Gasteiger partial charge in [0.25, 0.3) is 0 Å². The van der Waals surface area contributed by atoms with E-state index in [9.17, 15) is 13.5 Å². The number of aliphatic hydroxyl groups is 1. The van der Waals surface area contributed by atoms with Gasteiger partial charge in [0.15, 0.2) is 5.76 Å². The smallest absolute Gasteiger partial charge is 0.242 e. The Morgan fingerprint density at radius 3 is 2.90 bits per heavy atom. The van der Waals surface area contributed by atoms with Gasteiger partial charge in [-0.25, -0.2) is 13.1 Å². The Bertz CT molecular complexity index is 686. The molecule has 0 atom stereocenters. The monoisotopic (exact) mass is 297 g/mol. The highest BCUT2D eigenvalue weighted by Gasteiger charge is 2.28. The Morgan fingerprint density at radius 2 is 2.30 bits per heavy atom. The Kier molecular flexibility index (Phi) is 3.36. The molecule has 1 aliphatic rings. The highest BCUT2D eigenvalue weighted by atomic mass is 32.2. The maximum absolute atomic E-state index is 12.2. The van der Waals surface area contributed by atoms with Crippen molar-refractivity contribution in [3.8, 4) is 0 Å². The largest absolute Gasteiger partial charge is 0.390 e. The molecular formula is C12H15N3O4S. The molecule has 2 aromatic rings. The van der Waals surface area contributed by atoms with Gasteiger partial charge in [-0.05, 0) is 18.9 Å². The highest BCUT2D eigenvalue weighted by Crippen LogP contribution is 2.37. The zero-order valence-electron chi connectivity index (χ0n) is 10.7. The molecule has 1 fully saturated rings. The summed E-state index contributed by atoms with van der Waals surface area (Å²) in [7, 11) is -3.62. The molecule has 20 heavy (non-hydrogen) atoms. The van der Waals surface area contributed by atoms with Crippen molar-refractivity contribution >= 4 is 10.0 Å². The first-order valence-corrected chi connectivity index (χ1v) is 7.79. The van der Waals surface area contributed by atoms with Gasteiger partial charge in [-0.1, -0.05) is 5.16 Å². The number of sulfonamides is 1. The standard InChI is InChI=1S/C12H15N3O4S/c16-8-10-5-12(7-15(10)9-1-2-9)20(17,18)14-6-11-3-4-13-19-11/h3-5,7,9,14,16H,1-2,6,8H2. The molecule has 0 aromatic carbocycles. The number of hydrogen-bond acceptors (Lipinski definition) is 5. The summed E-state index contributed by atoms with van der Waals surface area (Å²) >= 11 is 0. The van der Waals surface area contributed by atoms with Crippen LogP contribution in [0.5, 0.6) is 0 Å². The molecule has 7 nitrogen and oxygen atoms in total. The average Bonchev–Trinajstić information content (AvgIpc) is 2.98. The van der Waals surface area contributed by atoms with E-state index in [2.05, 4.69) is 9.88 Å². The molecule has 0 saturated heterocycles. The summed E-state index contributed by atoms with van der Waals surface area (Å²) in [4.78, 5) is 0.160. The van der Waals surface area contributed by atoms with Crippen LogP contribution in [0, 0.1) is 0 Å². The molecule has 0 radical (unpaired) electrons. The number of nitrogens with one attached hydrogen (secondary N) is 1. The summed E-state index contributed by atoms with van der Waals surface area (Å²) in [6.07, 6.45) is 5.07. The van der Waals surface area contributed by atoms with Crippen molar-refractivity contribution < 1.29 is 18.0 Å². The van der Waals surface area contributed by atoms with E-state index in [4.69, 9.17) is 4.52 Å². The topological polar surface area (TPSA) is 97.4 Å². The molecule has 0 bridgehead atoms. The van der Waals surface area contributed by atoms with E-state index >= 15 is 0 Å². The zero-order valence-corrected chi connectivity index (χ0v) is 11.5. The van der Waals surface area contributed by atoms with Crippen LogP contribution in [0.15, 0.2) is 33.9 Å². The molecule has 0 aliphatic heterocycles. The molecule has 1 saturated carbocycles. The van der Waals surface area contributed by atoms with E-state index in [1.54, 1.807) is 12.3 Å². The highest BCUT2D eigenvalue weighted by molar-refractivity contribution is 7.89. The summed E-state index contributed by atoms with van der Waals surface area (Å²) in [5.74, 6) is 0.442. The maximum Gasteiger partial charge on any atom is 0.242 e. The fraction of sp³-hybridized carbons (Fsp3) is 0.417. The van der Waals surface area contributed by atoms with Crippen molar-refractivity contribution in [1.29, 1.82) is 0 Å². The minimum absolute atomic E-state index is 0.0470. The van der Waals surface area contributed by atoms with E-state index < -0.39 is 10.0 Å². The molecule has 1 aliphatic carbocycles. The van der Waals surface area contributed by atoms with Crippen LogP contribution in [0.3, 0.4) is 0 Å². The average molecular weight is 297 g/mol. The van der Waals surface area contributed by atoms with Gasteiger partial charge in [-0.2, -0.15) is 0 Å². The Hall–Kier alpha value is -1.64. The quantitative estimate of drug-likeness (QED) is 0.821. The molecule has 2 heterocycles. The third-order valence-electron chi connectivity index (χ3n) is 3.25. The van der Waals surface area contributed by atoms with Crippen molar-refractivity contribution in [2.75, 3.05) is 0 Å². The summed E-state index contributed by atoms with van der Waals surface area (Å²) in [6, 6.07) is 3.41. The van der Waals surface area contributed by atoms with Crippen LogP contribution in [-0.4, -0.2) is 23.2 Å². The summed E-state index contributed by atoms with van der Waals surface area (Å²) in [6.45, 7) is -0.125. The van der Waals surface area contributed by atoms with Crippen LogP contribution >= 0.6 is 0 Å². The van der Waals surface area contributed by atoms with Crippen LogP contribution in [0.2, 0.25) is 0 Å². The van der Waals surface area contributed by atoms with E-state index in [0.717, 1.165) is 12.8 Å². The summed E-state index contributed by atoms with van der Waals surface area (Å²) in [5.41, 5.74) is 0.618. The lowest BCUT2D eigenvalue weighted by Gasteiger charge is -2.03. The first-order chi connectivity index (χ1) is 9.60. The van der Waals surface area contributed by atoms with Gasteiger partial charge in [-0.3, -0.25) is 0 Å². The second-order valence-electron chi connectivity index (χ2n) is 4.77. The predicted octanol–water partition coefficient (Wildman–Crippen LogP) is 0.782. The van der Waals surface area contributed by atoms with Gasteiger partial charge in [0, 0.05) is 24.0 Å². The fourth-order valence-corrected chi connectivity index (χ4v) is 3.09. The normalized spacial score (nSPS) is 15.7. The van der Waals surface area contributed by atoms with Crippen molar-refractivity contribution in [2.45, 2.75) is 36.9 Å². The van der Waals surface area contributed by atoms with E-state index in [0.29, 0.717) is 17.5 Å². The lowest BCUT2D eigenvalue weighted by atomic mass is 10.4. The van der Waals surface area contributed by atoms with Crippen molar-refractivity contribution in [2.24, 2.45) is 0 Å². The molecular weight excluding hydrogens is 282 g/mol. The second-order valence-corrected chi connectivity index (χ2v) is 6.53. The van der Waals surface area contributed by atoms with Crippen molar-refractivity contribution in [3.63, 3.8) is 0 Å². The lowest BCUT2D eigenvalue weighted by Crippen LogP contribution is -2.22. The van der Waals surface area contributed by atoms with Crippen molar-refractivity contribution in [1.82, 2.24) is 14.4 Å². The van der Waals surface area contributed by atoms with E-state index in [1.807, 2.05) is 4.57 Å². The lowest BCUT2D eigenvalue weighted by molar-refractivity contribution is 0.270. The molecule has 3 rings (SSSR count). The molecule has 8 heteroatoms. The number of nitrogens with zero attached hydrogens (tertiary/aromatic N) is 2. The Balaban J connectivity index is 1.79.